The molecule has 2 aromatic carbocycles. The van der Waals surface area contributed by atoms with E-state index < -0.39 is 5.25 Å². The quantitative estimate of drug-likeness (QED) is 0.525. The molecule has 1 aromatic heterocycles. The van der Waals surface area contributed by atoms with Crippen molar-refractivity contribution in [3.63, 3.8) is 0 Å². The van der Waals surface area contributed by atoms with Gasteiger partial charge in [0.05, 0.1) is 22.4 Å². The van der Waals surface area contributed by atoms with Crippen LogP contribution in [-0.4, -0.2) is 32.2 Å². The number of anilines is 1. The number of hydrogen-bond acceptors (Lipinski definition) is 4. The third kappa shape index (κ3) is 5.63. The van der Waals surface area contributed by atoms with Gasteiger partial charge in [0.25, 0.3) is 5.56 Å². The van der Waals surface area contributed by atoms with Crippen molar-refractivity contribution in [3.05, 3.63) is 81.2 Å². The van der Waals surface area contributed by atoms with Gasteiger partial charge in [-0.25, -0.2) is 4.68 Å². The van der Waals surface area contributed by atoms with E-state index in [2.05, 4.69) is 10.6 Å². The van der Waals surface area contributed by atoms with Crippen LogP contribution in [0.2, 0.25) is 5.02 Å². The van der Waals surface area contributed by atoms with Crippen LogP contribution in [0.3, 0.4) is 0 Å². The van der Waals surface area contributed by atoms with Gasteiger partial charge in [-0.2, -0.15) is 0 Å². The first kappa shape index (κ1) is 23.7. The second-order valence-electron chi connectivity index (χ2n) is 7.29. The van der Waals surface area contributed by atoms with Crippen LogP contribution in [0.1, 0.15) is 18.2 Å². The highest BCUT2D eigenvalue weighted by Crippen LogP contribution is 2.17. The van der Waals surface area contributed by atoms with Crippen molar-refractivity contribution in [2.45, 2.75) is 25.6 Å². The summed E-state index contributed by atoms with van der Waals surface area (Å²) in [4.78, 5) is 37.7. The van der Waals surface area contributed by atoms with E-state index in [1.807, 2.05) is 42.5 Å². The topological polar surface area (TPSA) is 85.1 Å². The molecule has 168 valence electrons. The molecule has 0 radical (unpaired) electrons. The molecule has 32 heavy (non-hydrogen) atoms. The zero-order chi connectivity index (χ0) is 23.3. The number of carbonyl (C=O) groups excluding carboxylic acids is 2. The van der Waals surface area contributed by atoms with Crippen LogP contribution in [0.4, 0.5) is 5.69 Å². The van der Waals surface area contributed by atoms with Gasteiger partial charge in [-0.15, -0.1) is 11.8 Å². The normalized spacial score (nSPS) is 11.8. The average Bonchev–Trinajstić information content (AvgIpc) is 2.99. The van der Waals surface area contributed by atoms with Crippen molar-refractivity contribution in [1.29, 1.82) is 0 Å². The minimum Gasteiger partial charge on any atom is -0.351 e. The molecule has 0 saturated carbocycles. The van der Waals surface area contributed by atoms with Crippen LogP contribution in [0.5, 0.6) is 0 Å². The molecule has 0 saturated heterocycles. The van der Waals surface area contributed by atoms with Crippen molar-refractivity contribution >= 4 is 40.9 Å². The highest BCUT2D eigenvalue weighted by molar-refractivity contribution is 8.01. The Labute approximate surface area is 195 Å². The third-order valence-corrected chi connectivity index (χ3v) is 6.39. The molecular formula is C23H25ClN4O3S. The fourth-order valence-electron chi connectivity index (χ4n) is 3.11. The Hall–Kier alpha value is -2.97. The van der Waals surface area contributed by atoms with Gasteiger partial charge in [0.2, 0.25) is 11.8 Å². The Morgan fingerprint density at radius 1 is 1.12 bits per heavy atom. The SMILES string of the molecule is Cc1c(NC(=O)C(C)SCC(=O)NCc2cccc(Cl)c2)c(=O)n(-c2ccccc2)n1C. The smallest absolute Gasteiger partial charge is 0.295 e. The summed E-state index contributed by atoms with van der Waals surface area (Å²) in [6, 6.07) is 16.5. The molecular weight excluding hydrogens is 448 g/mol. The van der Waals surface area contributed by atoms with Gasteiger partial charge in [-0.05, 0) is 43.7 Å². The number of benzene rings is 2. The summed E-state index contributed by atoms with van der Waals surface area (Å²) in [5.74, 6) is -0.391. The number of nitrogens with one attached hydrogen (secondary N) is 2. The van der Waals surface area contributed by atoms with E-state index in [4.69, 9.17) is 11.6 Å². The molecule has 9 heteroatoms. The second kappa shape index (κ2) is 10.6. The summed E-state index contributed by atoms with van der Waals surface area (Å²) >= 11 is 7.15. The van der Waals surface area contributed by atoms with Gasteiger partial charge in [0, 0.05) is 18.6 Å². The first-order valence-electron chi connectivity index (χ1n) is 10.1. The fraction of sp³-hybridized carbons (Fsp3) is 0.261. The molecule has 1 atom stereocenters. The Morgan fingerprint density at radius 3 is 2.53 bits per heavy atom. The summed E-state index contributed by atoms with van der Waals surface area (Å²) in [7, 11) is 1.77. The Balaban J connectivity index is 1.58. The van der Waals surface area contributed by atoms with Crippen LogP contribution in [0.15, 0.2) is 59.4 Å². The first-order valence-corrected chi connectivity index (χ1v) is 11.5. The molecule has 2 amide bonds. The maximum Gasteiger partial charge on any atom is 0.295 e. The van der Waals surface area contributed by atoms with Gasteiger partial charge in [0.15, 0.2) is 0 Å². The first-order chi connectivity index (χ1) is 15.3. The monoisotopic (exact) mass is 472 g/mol. The van der Waals surface area contributed by atoms with Crippen molar-refractivity contribution in [2.75, 3.05) is 11.1 Å². The lowest BCUT2D eigenvalue weighted by Gasteiger charge is -2.11. The molecule has 1 heterocycles. The van der Waals surface area contributed by atoms with Crippen LogP contribution < -0.4 is 16.2 Å². The predicted molar refractivity (Wildman–Crippen MR) is 130 cm³/mol. The molecule has 0 fully saturated rings. The molecule has 0 spiro atoms. The maximum atomic E-state index is 12.9. The van der Waals surface area contributed by atoms with Crippen LogP contribution in [-0.2, 0) is 23.2 Å². The standard InChI is InChI=1S/C23H25ClN4O3S/c1-15-21(23(31)28(27(15)3)19-10-5-4-6-11-19)26-22(30)16(2)32-14-20(29)25-13-17-8-7-9-18(24)12-17/h4-12,16H,13-14H2,1-3H3,(H,25,29)(H,26,30). The largest absolute Gasteiger partial charge is 0.351 e. The van der Waals surface area contributed by atoms with Crippen LogP contribution in [0, 0.1) is 6.92 Å². The van der Waals surface area contributed by atoms with E-state index in [-0.39, 0.29) is 28.8 Å². The van der Waals surface area contributed by atoms with E-state index in [0.29, 0.717) is 22.9 Å². The fourth-order valence-corrected chi connectivity index (χ4v) is 4.04. The van der Waals surface area contributed by atoms with E-state index in [1.54, 1.807) is 37.7 Å². The van der Waals surface area contributed by atoms with Gasteiger partial charge in [-0.1, -0.05) is 41.9 Å². The summed E-state index contributed by atoms with van der Waals surface area (Å²) < 4.78 is 3.21. The zero-order valence-electron chi connectivity index (χ0n) is 18.1. The lowest BCUT2D eigenvalue weighted by Crippen LogP contribution is -2.30. The number of rotatable bonds is 8. The Morgan fingerprint density at radius 2 is 1.84 bits per heavy atom. The van der Waals surface area contributed by atoms with E-state index in [9.17, 15) is 14.4 Å². The minimum absolute atomic E-state index is 0.122. The van der Waals surface area contributed by atoms with Gasteiger partial charge >= 0.3 is 0 Å². The molecule has 3 rings (SSSR count). The molecule has 0 aliphatic heterocycles. The van der Waals surface area contributed by atoms with Gasteiger partial charge in [-0.3, -0.25) is 19.1 Å². The summed E-state index contributed by atoms with van der Waals surface area (Å²) in [5.41, 5.74) is 2.18. The lowest BCUT2D eigenvalue weighted by atomic mass is 10.2. The number of aromatic nitrogens is 2. The van der Waals surface area contributed by atoms with Crippen molar-refractivity contribution < 1.29 is 9.59 Å². The molecule has 3 aromatic rings. The maximum absolute atomic E-state index is 12.9. The zero-order valence-corrected chi connectivity index (χ0v) is 19.7. The summed E-state index contributed by atoms with van der Waals surface area (Å²) in [5, 5.41) is 5.64. The second-order valence-corrected chi connectivity index (χ2v) is 9.05. The Bertz CT molecular complexity index is 1170. The van der Waals surface area contributed by atoms with E-state index in [0.717, 1.165) is 5.56 Å². The minimum atomic E-state index is -0.517. The van der Waals surface area contributed by atoms with E-state index in [1.165, 1.54) is 16.4 Å². The number of hydrogen-bond donors (Lipinski definition) is 2. The average molecular weight is 473 g/mol. The number of nitrogens with zero attached hydrogens (tertiary/aromatic N) is 2. The van der Waals surface area contributed by atoms with Crippen molar-refractivity contribution in [1.82, 2.24) is 14.7 Å². The molecule has 1 unspecified atom stereocenters. The lowest BCUT2D eigenvalue weighted by molar-refractivity contribution is -0.118. The van der Waals surface area contributed by atoms with Crippen LogP contribution in [0.25, 0.3) is 5.69 Å². The summed E-state index contributed by atoms with van der Waals surface area (Å²) in [6.45, 7) is 3.85. The number of thioether (sulfide) groups is 1. The Kier molecular flexibility index (Phi) is 7.82. The third-order valence-electron chi connectivity index (χ3n) is 5.01. The van der Waals surface area contributed by atoms with Crippen molar-refractivity contribution in [3.8, 4) is 5.69 Å². The molecule has 2 N–H and O–H groups in total. The number of amides is 2. The number of carbonyl (C=O) groups is 2. The molecule has 7 nitrogen and oxygen atoms in total. The highest BCUT2D eigenvalue weighted by atomic mass is 35.5. The van der Waals surface area contributed by atoms with Crippen molar-refractivity contribution in [2.24, 2.45) is 7.05 Å². The molecule has 0 bridgehead atoms. The van der Waals surface area contributed by atoms with Gasteiger partial charge in [0.1, 0.15) is 5.69 Å². The van der Waals surface area contributed by atoms with E-state index >= 15 is 0 Å². The highest BCUT2D eigenvalue weighted by Gasteiger charge is 2.21. The number of halogens is 1. The van der Waals surface area contributed by atoms with Gasteiger partial charge < -0.3 is 10.6 Å². The predicted octanol–water partition coefficient (Wildman–Crippen LogP) is 3.51. The number of para-hydroxylation sites is 1. The van der Waals surface area contributed by atoms with Crippen LogP contribution >= 0.6 is 23.4 Å². The summed E-state index contributed by atoms with van der Waals surface area (Å²) in [6.07, 6.45) is 0. The molecule has 0 aliphatic rings. The molecule has 0 aliphatic carbocycles.